The van der Waals surface area contributed by atoms with Crippen LogP contribution in [-0.2, 0) is 20.7 Å². The van der Waals surface area contributed by atoms with Crippen molar-refractivity contribution in [2.75, 3.05) is 11.9 Å². The second kappa shape index (κ2) is 7.96. The lowest BCUT2D eigenvalue weighted by Gasteiger charge is -2.16. The fraction of sp³-hybridized carbons (Fsp3) is 0.615. The van der Waals surface area contributed by atoms with Crippen molar-refractivity contribution in [3.63, 3.8) is 0 Å². The smallest absolute Gasteiger partial charge is 0.311 e. The van der Waals surface area contributed by atoms with E-state index in [0.717, 1.165) is 6.42 Å². The van der Waals surface area contributed by atoms with E-state index in [0.29, 0.717) is 17.4 Å². The van der Waals surface area contributed by atoms with Crippen LogP contribution in [0.4, 0.5) is 5.13 Å². The van der Waals surface area contributed by atoms with E-state index >= 15 is 0 Å². The number of anilines is 1. The van der Waals surface area contributed by atoms with Crippen LogP contribution in [0, 0.1) is 5.92 Å². The minimum atomic E-state index is -0.558. The number of esters is 1. The topological polar surface area (TPSA) is 94.3 Å². The molecular formula is C13H21N3O3S. The van der Waals surface area contributed by atoms with Crippen LogP contribution in [-0.4, -0.2) is 29.5 Å². The molecule has 0 aliphatic rings. The number of thiazole rings is 1. The maximum absolute atomic E-state index is 11.9. The van der Waals surface area contributed by atoms with Gasteiger partial charge in [0.05, 0.1) is 24.8 Å². The van der Waals surface area contributed by atoms with Crippen molar-refractivity contribution in [2.24, 2.45) is 11.7 Å². The molecule has 2 atom stereocenters. The van der Waals surface area contributed by atoms with Gasteiger partial charge in [0, 0.05) is 5.38 Å². The number of nitrogens with one attached hydrogen (secondary N) is 1. The maximum atomic E-state index is 11.9. The van der Waals surface area contributed by atoms with Crippen molar-refractivity contribution in [3.8, 4) is 0 Å². The van der Waals surface area contributed by atoms with Crippen molar-refractivity contribution >= 4 is 28.3 Å². The van der Waals surface area contributed by atoms with Crippen LogP contribution < -0.4 is 11.1 Å². The van der Waals surface area contributed by atoms with Gasteiger partial charge in [0.2, 0.25) is 5.91 Å². The zero-order valence-corrected chi connectivity index (χ0v) is 12.8. The molecule has 0 fully saturated rings. The lowest BCUT2D eigenvalue weighted by atomic mass is 10.00. The monoisotopic (exact) mass is 299 g/mol. The Morgan fingerprint density at radius 1 is 1.50 bits per heavy atom. The van der Waals surface area contributed by atoms with Crippen molar-refractivity contribution < 1.29 is 14.3 Å². The molecule has 0 bridgehead atoms. The Bertz CT molecular complexity index is 461. The number of nitrogens with two attached hydrogens (primary N) is 1. The number of nitrogens with zero attached hydrogens (tertiary/aromatic N) is 1. The molecular weight excluding hydrogens is 278 g/mol. The summed E-state index contributed by atoms with van der Waals surface area (Å²) in [6.07, 6.45) is 0.943. The molecule has 112 valence electrons. The van der Waals surface area contributed by atoms with Gasteiger partial charge in [0.25, 0.3) is 0 Å². The van der Waals surface area contributed by atoms with E-state index in [9.17, 15) is 9.59 Å². The van der Waals surface area contributed by atoms with E-state index in [1.807, 2.05) is 13.8 Å². The summed E-state index contributed by atoms with van der Waals surface area (Å²) in [4.78, 5) is 27.4. The fourth-order valence-corrected chi connectivity index (χ4v) is 2.22. The predicted octanol–water partition coefficient (Wildman–Crippen LogP) is 1.56. The van der Waals surface area contributed by atoms with Crippen LogP contribution in [0.5, 0.6) is 0 Å². The number of carbonyl (C=O) groups excluding carboxylic acids is 2. The molecule has 0 aromatic carbocycles. The minimum Gasteiger partial charge on any atom is -0.466 e. The quantitative estimate of drug-likeness (QED) is 0.745. The second-order valence-electron chi connectivity index (χ2n) is 4.53. The van der Waals surface area contributed by atoms with E-state index in [1.54, 1.807) is 12.3 Å². The standard InChI is InChI=1S/C13H21N3O3S/c1-4-8(3)11(14)12(18)16-13-15-9(7-20-13)6-10(17)19-5-2/h7-8,11H,4-6,14H2,1-3H3,(H,15,16,18)/t8-,11+/m1/s1. The van der Waals surface area contributed by atoms with Crippen LogP contribution in [0.15, 0.2) is 5.38 Å². The third kappa shape index (κ3) is 4.90. The summed E-state index contributed by atoms with van der Waals surface area (Å²) in [6, 6.07) is -0.558. The average Bonchev–Trinajstić information content (AvgIpc) is 2.84. The highest BCUT2D eigenvalue weighted by Gasteiger charge is 2.20. The highest BCUT2D eigenvalue weighted by atomic mass is 32.1. The van der Waals surface area contributed by atoms with Crippen molar-refractivity contribution in [1.29, 1.82) is 0 Å². The Balaban J connectivity index is 2.55. The Morgan fingerprint density at radius 2 is 2.20 bits per heavy atom. The Kier molecular flexibility index (Phi) is 6.60. The number of amides is 1. The van der Waals surface area contributed by atoms with Gasteiger partial charge in [0.15, 0.2) is 5.13 Å². The summed E-state index contributed by atoms with van der Waals surface area (Å²) in [5.74, 6) is -0.475. The van der Waals surface area contributed by atoms with Gasteiger partial charge >= 0.3 is 5.97 Å². The molecule has 1 rings (SSSR count). The average molecular weight is 299 g/mol. The fourth-order valence-electron chi connectivity index (χ4n) is 1.51. The van der Waals surface area contributed by atoms with E-state index in [-0.39, 0.29) is 24.2 Å². The van der Waals surface area contributed by atoms with Crippen LogP contribution in [0.1, 0.15) is 32.9 Å². The predicted molar refractivity (Wildman–Crippen MR) is 78.5 cm³/mol. The molecule has 0 saturated heterocycles. The first-order chi connectivity index (χ1) is 9.47. The van der Waals surface area contributed by atoms with Gasteiger partial charge in [-0.1, -0.05) is 20.3 Å². The van der Waals surface area contributed by atoms with Gasteiger partial charge in [-0.3, -0.25) is 9.59 Å². The largest absolute Gasteiger partial charge is 0.466 e. The summed E-state index contributed by atoms with van der Waals surface area (Å²) < 4.78 is 4.84. The zero-order valence-electron chi connectivity index (χ0n) is 12.0. The van der Waals surface area contributed by atoms with Gasteiger partial charge < -0.3 is 15.8 Å². The molecule has 3 N–H and O–H groups in total. The number of hydrogen-bond donors (Lipinski definition) is 2. The van der Waals surface area contributed by atoms with E-state index in [4.69, 9.17) is 10.5 Å². The van der Waals surface area contributed by atoms with E-state index in [1.165, 1.54) is 11.3 Å². The van der Waals surface area contributed by atoms with Crippen molar-refractivity contribution in [1.82, 2.24) is 4.98 Å². The summed E-state index contributed by atoms with van der Waals surface area (Å²) >= 11 is 1.27. The molecule has 1 heterocycles. The van der Waals surface area contributed by atoms with Gasteiger partial charge in [-0.05, 0) is 12.8 Å². The summed E-state index contributed by atoms with van der Waals surface area (Å²) in [5, 5.41) is 4.85. The molecule has 0 spiro atoms. The van der Waals surface area contributed by atoms with Crippen LogP contribution in [0.2, 0.25) is 0 Å². The van der Waals surface area contributed by atoms with Crippen LogP contribution in [0.25, 0.3) is 0 Å². The molecule has 0 saturated carbocycles. The number of carbonyl (C=O) groups is 2. The number of ether oxygens (including phenoxy) is 1. The van der Waals surface area contributed by atoms with Gasteiger partial charge in [-0.25, -0.2) is 4.98 Å². The van der Waals surface area contributed by atoms with Gasteiger partial charge in [0.1, 0.15) is 0 Å². The first-order valence-corrected chi connectivity index (χ1v) is 7.52. The number of rotatable bonds is 7. The summed E-state index contributed by atoms with van der Waals surface area (Å²) in [6.45, 7) is 6.01. The Hall–Kier alpha value is -1.47. The highest BCUT2D eigenvalue weighted by molar-refractivity contribution is 7.13. The van der Waals surface area contributed by atoms with Gasteiger partial charge in [-0.15, -0.1) is 11.3 Å². The Morgan fingerprint density at radius 3 is 2.80 bits per heavy atom. The molecule has 1 aromatic rings. The summed E-state index contributed by atoms with van der Waals surface area (Å²) in [7, 11) is 0. The third-order valence-electron chi connectivity index (χ3n) is 2.97. The third-order valence-corrected chi connectivity index (χ3v) is 3.78. The molecule has 0 unspecified atom stereocenters. The van der Waals surface area contributed by atoms with Crippen molar-refractivity contribution in [2.45, 2.75) is 39.7 Å². The van der Waals surface area contributed by atoms with E-state index < -0.39 is 6.04 Å². The molecule has 20 heavy (non-hydrogen) atoms. The molecule has 1 amide bonds. The molecule has 6 nitrogen and oxygen atoms in total. The van der Waals surface area contributed by atoms with E-state index in [2.05, 4.69) is 10.3 Å². The molecule has 7 heteroatoms. The first-order valence-electron chi connectivity index (χ1n) is 6.64. The maximum Gasteiger partial charge on any atom is 0.311 e. The first kappa shape index (κ1) is 16.6. The second-order valence-corrected chi connectivity index (χ2v) is 5.38. The summed E-state index contributed by atoms with van der Waals surface area (Å²) in [5.41, 5.74) is 6.42. The zero-order chi connectivity index (χ0) is 15.1. The molecule has 0 aliphatic carbocycles. The number of aromatic nitrogens is 1. The molecule has 0 aliphatic heterocycles. The number of hydrogen-bond acceptors (Lipinski definition) is 6. The Labute approximate surface area is 122 Å². The van der Waals surface area contributed by atoms with Crippen LogP contribution >= 0.6 is 11.3 Å². The highest BCUT2D eigenvalue weighted by Crippen LogP contribution is 2.17. The lowest BCUT2D eigenvalue weighted by molar-refractivity contribution is -0.142. The SMILES string of the molecule is CCOC(=O)Cc1csc(NC(=O)[C@@H](N)[C@H](C)CC)n1. The van der Waals surface area contributed by atoms with Crippen LogP contribution in [0.3, 0.4) is 0 Å². The minimum absolute atomic E-state index is 0.106. The molecule has 0 radical (unpaired) electrons. The van der Waals surface area contributed by atoms with Gasteiger partial charge in [-0.2, -0.15) is 0 Å². The lowest BCUT2D eigenvalue weighted by Crippen LogP contribution is -2.40. The molecule has 1 aromatic heterocycles. The normalized spacial score (nSPS) is 13.6. The van der Waals surface area contributed by atoms with Crippen molar-refractivity contribution in [3.05, 3.63) is 11.1 Å².